The summed E-state index contributed by atoms with van der Waals surface area (Å²) < 4.78 is 18.7. The number of fused-ring (bicyclic) bond motifs is 1. The highest BCUT2D eigenvalue weighted by Crippen LogP contribution is 2.48. The molecule has 7 nitrogen and oxygen atoms in total. The number of nitrogens with zero attached hydrogens (tertiary/aromatic N) is 4. The van der Waals surface area contributed by atoms with Crippen LogP contribution in [0.2, 0.25) is 0 Å². The Morgan fingerprint density at radius 1 is 1.29 bits per heavy atom. The molecule has 2 aromatic carbocycles. The maximum Gasteiger partial charge on any atom is 0.335 e. The number of halogens is 1. The van der Waals surface area contributed by atoms with Gasteiger partial charge in [0.1, 0.15) is 17.4 Å². The molecule has 31 heavy (non-hydrogen) atoms. The van der Waals surface area contributed by atoms with Gasteiger partial charge in [0.15, 0.2) is 5.82 Å². The van der Waals surface area contributed by atoms with Crippen LogP contribution in [0, 0.1) is 23.1 Å². The number of nitrogens with one attached hydrogen (secondary N) is 1. The van der Waals surface area contributed by atoms with Crippen molar-refractivity contribution in [3.8, 4) is 17.6 Å². The van der Waals surface area contributed by atoms with Gasteiger partial charge in [0, 0.05) is 19.0 Å². The minimum Gasteiger partial charge on any atom is -0.478 e. The third kappa shape index (κ3) is 2.43. The van der Waals surface area contributed by atoms with Gasteiger partial charge < -0.3 is 19.6 Å². The van der Waals surface area contributed by atoms with E-state index in [-0.39, 0.29) is 17.1 Å². The molecular formula is C23H18FN5O2. The van der Waals surface area contributed by atoms with E-state index >= 15 is 0 Å². The molecule has 2 aromatic heterocycles. The van der Waals surface area contributed by atoms with Gasteiger partial charge >= 0.3 is 5.97 Å². The van der Waals surface area contributed by atoms with Crippen molar-refractivity contribution < 1.29 is 14.3 Å². The third-order valence-corrected chi connectivity index (χ3v) is 6.51. The smallest absolute Gasteiger partial charge is 0.335 e. The van der Waals surface area contributed by atoms with Crippen LogP contribution in [0.4, 0.5) is 10.1 Å². The Kier molecular flexibility index (Phi) is 3.52. The van der Waals surface area contributed by atoms with Crippen LogP contribution in [0.25, 0.3) is 33.5 Å². The molecule has 1 unspecified atom stereocenters. The lowest BCUT2D eigenvalue weighted by atomic mass is 10.1. The molecule has 8 heteroatoms. The molecule has 3 heterocycles. The lowest BCUT2D eigenvalue weighted by molar-refractivity contribution is 0.0696. The van der Waals surface area contributed by atoms with E-state index in [4.69, 9.17) is 0 Å². The van der Waals surface area contributed by atoms with Crippen molar-refractivity contribution in [2.75, 3.05) is 11.9 Å². The summed E-state index contributed by atoms with van der Waals surface area (Å²) >= 11 is 0. The average molecular weight is 415 g/mol. The molecule has 1 aliphatic heterocycles. The van der Waals surface area contributed by atoms with Crippen LogP contribution in [-0.2, 0) is 7.05 Å². The number of carbonyl (C=O) groups is 1. The van der Waals surface area contributed by atoms with Gasteiger partial charge in [-0.2, -0.15) is 5.26 Å². The van der Waals surface area contributed by atoms with Crippen LogP contribution in [0.3, 0.4) is 0 Å². The van der Waals surface area contributed by atoms with Gasteiger partial charge in [-0.1, -0.05) is 6.07 Å². The highest BCUT2D eigenvalue weighted by Gasteiger charge is 2.38. The van der Waals surface area contributed by atoms with Crippen LogP contribution in [0.1, 0.15) is 34.8 Å². The largest absolute Gasteiger partial charge is 0.478 e. The Morgan fingerprint density at radius 3 is 2.81 bits per heavy atom. The standard InChI is InChI=1S/C23H18FN5O2/c1-28-21-15(24)6-14(23(30)31)7-16(21)27-22(28)17-8-12-4-5-13(9-25)19-20(12)29(17)18(10-26-19)11-2-3-11/h4-8,11,18,26H,2-3,10H2,1H3,(H,30,31). The van der Waals surface area contributed by atoms with E-state index in [1.54, 1.807) is 11.6 Å². The van der Waals surface area contributed by atoms with E-state index in [0.29, 0.717) is 29.4 Å². The fourth-order valence-corrected chi connectivity index (χ4v) is 4.92. The number of benzene rings is 2. The van der Waals surface area contributed by atoms with Crippen molar-refractivity contribution in [2.24, 2.45) is 13.0 Å². The predicted octanol–water partition coefficient (Wildman–Crippen LogP) is 4.28. The zero-order valence-corrected chi connectivity index (χ0v) is 16.7. The topological polar surface area (TPSA) is 95.9 Å². The summed E-state index contributed by atoms with van der Waals surface area (Å²) in [4.78, 5) is 16.0. The lowest BCUT2D eigenvalue weighted by Crippen LogP contribution is -2.26. The number of aromatic carboxylic acids is 1. The second-order valence-electron chi connectivity index (χ2n) is 8.35. The molecule has 6 rings (SSSR count). The monoisotopic (exact) mass is 415 g/mol. The summed E-state index contributed by atoms with van der Waals surface area (Å²) in [7, 11) is 1.74. The fourth-order valence-electron chi connectivity index (χ4n) is 4.92. The average Bonchev–Trinajstić information content (AvgIpc) is 3.45. The van der Waals surface area contributed by atoms with Crippen LogP contribution in [0.15, 0.2) is 30.3 Å². The minimum absolute atomic E-state index is 0.127. The number of carboxylic acids is 1. The molecule has 0 spiro atoms. The number of aryl methyl sites for hydroxylation is 1. The third-order valence-electron chi connectivity index (χ3n) is 6.51. The molecule has 1 fully saturated rings. The minimum atomic E-state index is -1.19. The van der Waals surface area contributed by atoms with Gasteiger partial charge in [0.05, 0.1) is 39.6 Å². The molecule has 1 aliphatic carbocycles. The highest BCUT2D eigenvalue weighted by atomic mass is 19.1. The summed E-state index contributed by atoms with van der Waals surface area (Å²) in [6.45, 7) is 0.717. The molecule has 1 saturated carbocycles. The molecule has 1 atom stereocenters. The second-order valence-corrected chi connectivity index (χ2v) is 8.35. The van der Waals surface area contributed by atoms with Crippen molar-refractivity contribution in [3.05, 3.63) is 47.3 Å². The Hall–Kier alpha value is -3.86. The lowest BCUT2D eigenvalue weighted by Gasteiger charge is -2.29. The Morgan fingerprint density at radius 2 is 2.10 bits per heavy atom. The molecule has 4 aromatic rings. The van der Waals surface area contributed by atoms with Gasteiger partial charge in [-0.15, -0.1) is 0 Å². The fraction of sp³-hybridized carbons (Fsp3) is 0.261. The number of hydrogen-bond donors (Lipinski definition) is 2. The van der Waals surface area contributed by atoms with E-state index in [2.05, 4.69) is 20.9 Å². The van der Waals surface area contributed by atoms with Gasteiger partial charge in [-0.25, -0.2) is 14.2 Å². The molecule has 2 aliphatic rings. The van der Waals surface area contributed by atoms with Crippen LogP contribution in [0.5, 0.6) is 0 Å². The zero-order chi connectivity index (χ0) is 21.4. The molecule has 154 valence electrons. The number of hydrogen-bond acceptors (Lipinski definition) is 4. The van der Waals surface area contributed by atoms with Gasteiger partial charge in [0.2, 0.25) is 0 Å². The maximum atomic E-state index is 14.8. The van der Waals surface area contributed by atoms with Crippen LogP contribution in [-0.4, -0.2) is 31.7 Å². The summed E-state index contributed by atoms with van der Waals surface area (Å²) in [5.41, 5.74) is 3.68. The first-order chi connectivity index (χ1) is 15.0. The van der Waals surface area contributed by atoms with E-state index < -0.39 is 11.8 Å². The summed E-state index contributed by atoms with van der Waals surface area (Å²) in [5, 5.41) is 23.3. The van der Waals surface area contributed by atoms with E-state index in [1.165, 1.54) is 6.07 Å². The number of nitriles is 1. The second kappa shape index (κ2) is 6.08. The van der Waals surface area contributed by atoms with Gasteiger partial charge in [-0.05, 0) is 43.0 Å². The summed E-state index contributed by atoms with van der Waals surface area (Å²) in [6, 6.07) is 10.7. The first-order valence-corrected chi connectivity index (χ1v) is 10.2. The highest BCUT2D eigenvalue weighted by molar-refractivity contribution is 5.99. The maximum absolute atomic E-state index is 14.8. The SMILES string of the molecule is Cn1c(-c2cc3ccc(C#N)c4c3n2C(C2CC2)CN4)nc2cc(C(=O)O)cc(F)c21. The number of rotatable bonds is 3. The first kappa shape index (κ1) is 18.0. The van der Waals surface area contributed by atoms with Crippen molar-refractivity contribution in [3.63, 3.8) is 0 Å². The predicted molar refractivity (Wildman–Crippen MR) is 114 cm³/mol. The van der Waals surface area contributed by atoms with Gasteiger partial charge in [-0.3, -0.25) is 0 Å². The number of anilines is 1. The van der Waals surface area contributed by atoms with Crippen LogP contribution >= 0.6 is 0 Å². The Labute approximate surface area is 176 Å². The molecule has 0 amide bonds. The Bertz CT molecular complexity index is 1470. The van der Waals surface area contributed by atoms with E-state index in [1.807, 2.05) is 18.2 Å². The molecule has 0 saturated heterocycles. The zero-order valence-electron chi connectivity index (χ0n) is 16.7. The van der Waals surface area contributed by atoms with Crippen molar-refractivity contribution >= 4 is 33.6 Å². The number of aromatic nitrogens is 3. The van der Waals surface area contributed by atoms with Crippen molar-refractivity contribution in [1.82, 2.24) is 14.1 Å². The summed E-state index contributed by atoms with van der Waals surface area (Å²) in [5.74, 6) is -0.681. The Balaban J connectivity index is 1.67. The molecular weight excluding hydrogens is 397 g/mol. The quantitative estimate of drug-likeness (QED) is 0.521. The molecule has 2 N–H and O–H groups in total. The first-order valence-electron chi connectivity index (χ1n) is 10.2. The summed E-state index contributed by atoms with van der Waals surface area (Å²) in [6.07, 6.45) is 2.30. The van der Waals surface area contributed by atoms with Crippen molar-refractivity contribution in [2.45, 2.75) is 18.9 Å². The van der Waals surface area contributed by atoms with Gasteiger partial charge in [0.25, 0.3) is 0 Å². The van der Waals surface area contributed by atoms with Crippen molar-refractivity contribution in [1.29, 1.82) is 5.26 Å². The van der Waals surface area contributed by atoms with E-state index in [0.717, 1.165) is 41.2 Å². The van der Waals surface area contributed by atoms with Crippen LogP contribution < -0.4 is 5.32 Å². The van der Waals surface area contributed by atoms with E-state index in [9.17, 15) is 19.6 Å². The normalized spacial score (nSPS) is 17.6. The molecule has 0 radical (unpaired) electrons. The number of carboxylic acid groups (broad SMARTS) is 1. The molecule has 0 bridgehead atoms. The number of imidazole rings is 1.